The molecule has 36 heavy (non-hydrogen) atoms. The van der Waals surface area contributed by atoms with Gasteiger partial charge in [-0.25, -0.2) is 13.8 Å². The Bertz CT molecular complexity index is 1350. The number of rotatable bonds is 11. The van der Waals surface area contributed by atoms with Crippen LogP contribution >= 0.6 is 0 Å². The van der Waals surface area contributed by atoms with Crippen molar-refractivity contribution in [2.45, 2.75) is 18.7 Å². The quantitative estimate of drug-likeness (QED) is 0.238. The summed E-state index contributed by atoms with van der Waals surface area (Å²) < 4.78 is 38.8. The van der Waals surface area contributed by atoms with Crippen molar-refractivity contribution in [2.75, 3.05) is 24.6 Å². The van der Waals surface area contributed by atoms with Crippen LogP contribution in [0.5, 0.6) is 11.5 Å². The van der Waals surface area contributed by atoms with Crippen LogP contribution in [0.4, 0.5) is 5.69 Å². The van der Waals surface area contributed by atoms with Crippen LogP contribution in [0.2, 0.25) is 0 Å². The molecule has 0 fully saturated rings. The van der Waals surface area contributed by atoms with Gasteiger partial charge in [0.1, 0.15) is 13.2 Å². The fourth-order valence-electron chi connectivity index (χ4n) is 3.31. The van der Waals surface area contributed by atoms with Crippen LogP contribution in [0.3, 0.4) is 0 Å². The smallest absolute Gasteiger partial charge is 0.264 e. The van der Waals surface area contributed by atoms with Crippen molar-refractivity contribution < 1.29 is 22.7 Å². The SMILES string of the molecule is C=CCOc1ccc(/C=N\NC(=O)CN(c2cccc(C)c2)S(=O)(=O)c2ccc(C)cc2)cc1OC. The number of anilines is 1. The fraction of sp³-hybridized carbons (Fsp3) is 0.185. The first kappa shape index (κ1) is 26.5. The number of benzene rings is 3. The third-order valence-electron chi connectivity index (χ3n) is 5.13. The maximum atomic E-state index is 13.4. The van der Waals surface area contributed by atoms with Crippen LogP contribution in [-0.4, -0.2) is 40.8 Å². The van der Waals surface area contributed by atoms with Crippen molar-refractivity contribution in [3.8, 4) is 11.5 Å². The molecule has 0 atom stereocenters. The minimum absolute atomic E-state index is 0.0942. The first-order chi connectivity index (χ1) is 17.2. The molecule has 3 rings (SSSR count). The third kappa shape index (κ3) is 6.73. The van der Waals surface area contributed by atoms with E-state index in [0.29, 0.717) is 29.4 Å². The predicted molar refractivity (Wildman–Crippen MR) is 141 cm³/mol. The lowest BCUT2D eigenvalue weighted by Crippen LogP contribution is -2.39. The van der Waals surface area contributed by atoms with E-state index in [1.807, 2.05) is 19.9 Å². The van der Waals surface area contributed by atoms with E-state index in [1.165, 1.54) is 25.5 Å². The molecule has 1 N–H and O–H groups in total. The summed E-state index contributed by atoms with van der Waals surface area (Å²) in [6, 6.07) is 18.6. The number of ether oxygens (including phenoxy) is 2. The fourth-order valence-corrected chi connectivity index (χ4v) is 4.73. The average molecular weight is 508 g/mol. The zero-order valence-corrected chi connectivity index (χ0v) is 21.3. The van der Waals surface area contributed by atoms with Gasteiger partial charge in [-0.2, -0.15) is 5.10 Å². The number of hydrogen-bond acceptors (Lipinski definition) is 6. The van der Waals surface area contributed by atoms with Gasteiger partial charge >= 0.3 is 0 Å². The molecule has 0 saturated heterocycles. The van der Waals surface area contributed by atoms with Crippen LogP contribution in [-0.2, 0) is 14.8 Å². The number of methoxy groups -OCH3 is 1. The number of aryl methyl sites for hydroxylation is 2. The Morgan fingerprint density at radius 2 is 1.78 bits per heavy atom. The van der Waals surface area contributed by atoms with Crippen molar-refractivity contribution in [1.82, 2.24) is 5.43 Å². The molecule has 0 radical (unpaired) electrons. The summed E-state index contributed by atoms with van der Waals surface area (Å²) in [5.74, 6) is 0.456. The van der Waals surface area contributed by atoms with Crippen LogP contribution in [0.25, 0.3) is 0 Å². The number of amides is 1. The molecule has 0 spiro atoms. The van der Waals surface area contributed by atoms with E-state index in [0.717, 1.165) is 15.4 Å². The third-order valence-corrected chi connectivity index (χ3v) is 6.92. The minimum atomic E-state index is -4.00. The van der Waals surface area contributed by atoms with Gasteiger partial charge < -0.3 is 9.47 Å². The van der Waals surface area contributed by atoms with Crippen LogP contribution < -0.4 is 19.2 Å². The van der Waals surface area contributed by atoms with Gasteiger partial charge in [0, 0.05) is 0 Å². The van der Waals surface area contributed by atoms with Crippen LogP contribution in [0.1, 0.15) is 16.7 Å². The molecule has 0 aromatic heterocycles. The Morgan fingerprint density at radius 1 is 1.03 bits per heavy atom. The topological polar surface area (TPSA) is 97.3 Å². The minimum Gasteiger partial charge on any atom is -0.493 e. The van der Waals surface area contributed by atoms with Crippen LogP contribution in [0.15, 0.2) is 89.4 Å². The van der Waals surface area contributed by atoms with Crippen molar-refractivity contribution in [1.29, 1.82) is 0 Å². The molecule has 8 nitrogen and oxygen atoms in total. The Balaban J connectivity index is 1.79. The Labute approximate surface area is 211 Å². The molecule has 188 valence electrons. The number of nitrogens with zero attached hydrogens (tertiary/aromatic N) is 2. The van der Waals surface area contributed by atoms with E-state index < -0.39 is 22.5 Å². The van der Waals surface area contributed by atoms with Gasteiger partial charge in [-0.1, -0.05) is 42.5 Å². The highest BCUT2D eigenvalue weighted by atomic mass is 32.2. The second kappa shape index (κ2) is 12.0. The zero-order chi connectivity index (χ0) is 26.1. The molecule has 3 aromatic rings. The molecule has 0 aliphatic rings. The summed E-state index contributed by atoms with van der Waals surface area (Å²) in [5, 5.41) is 3.98. The summed E-state index contributed by atoms with van der Waals surface area (Å²) >= 11 is 0. The van der Waals surface area contributed by atoms with Gasteiger partial charge in [-0.3, -0.25) is 9.10 Å². The van der Waals surface area contributed by atoms with E-state index in [9.17, 15) is 13.2 Å². The molecule has 0 unspecified atom stereocenters. The van der Waals surface area contributed by atoms with E-state index in [1.54, 1.807) is 54.6 Å². The van der Waals surface area contributed by atoms with Crippen molar-refractivity contribution >= 4 is 27.8 Å². The number of sulfonamides is 1. The highest BCUT2D eigenvalue weighted by Crippen LogP contribution is 2.28. The largest absolute Gasteiger partial charge is 0.493 e. The van der Waals surface area contributed by atoms with Gasteiger partial charge in [0.15, 0.2) is 11.5 Å². The molecular weight excluding hydrogens is 478 g/mol. The molecule has 0 bridgehead atoms. The van der Waals surface area contributed by atoms with E-state index >= 15 is 0 Å². The molecule has 3 aromatic carbocycles. The highest BCUT2D eigenvalue weighted by molar-refractivity contribution is 7.92. The standard InChI is InChI=1S/C27H29N3O5S/c1-5-15-35-25-14-11-22(17-26(25)34-4)18-28-29-27(31)19-30(23-8-6-7-21(3)16-23)36(32,33)24-12-9-20(2)10-13-24/h5-14,16-18H,1,15,19H2,2-4H3,(H,29,31)/b28-18-. The first-order valence-electron chi connectivity index (χ1n) is 11.1. The lowest BCUT2D eigenvalue weighted by molar-refractivity contribution is -0.119. The second-order valence-electron chi connectivity index (χ2n) is 7.97. The molecular formula is C27H29N3O5S. The van der Waals surface area contributed by atoms with Gasteiger partial charge in [0.05, 0.1) is 23.9 Å². The normalized spacial score (nSPS) is 11.2. The number of nitrogens with one attached hydrogen (secondary N) is 1. The molecule has 1 amide bonds. The second-order valence-corrected chi connectivity index (χ2v) is 9.83. The Kier molecular flexibility index (Phi) is 8.86. The number of carbonyl (C=O) groups excluding carboxylic acids is 1. The van der Waals surface area contributed by atoms with Gasteiger partial charge in [0.2, 0.25) is 0 Å². The van der Waals surface area contributed by atoms with Crippen LogP contribution in [0, 0.1) is 13.8 Å². The molecule has 0 aliphatic carbocycles. The molecule has 0 aliphatic heterocycles. The summed E-state index contributed by atoms with van der Waals surface area (Å²) in [7, 11) is -2.48. The first-order valence-corrected chi connectivity index (χ1v) is 12.6. The highest BCUT2D eigenvalue weighted by Gasteiger charge is 2.27. The van der Waals surface area contributed by atoms with E-state index in [4.69, 9.17) is 9.47 Å². The Morgan fingerprint density at radius 3 is 2.44 bits per heavy atom. The average Bonchev–Trinajstić information content (AvgIpc) is 2.86. The summed E-state index contributed by atoms with van der Waals surface area (Å²) in [6.07, 6.45) is 3.06. The van der Waals surface area contributed by atoms with Crippen molar-refractivity contribution in [3.63, 3.8) is 0 Å². The van der Waals surface area contributed by atoms with Crippen molar-refractivity contribution in [2.24, 2.45) is 5.10 Å². The lowest BCUT2D eigenvalue weighted by Gasteiger charge is -2.24. The monoisotopic (exact) mass is 507 g/mol. The number of hydrazone groups is 1. The maximum Gasteiger partial charge on any atom is 0.264 e. The number of carbonyl (C=O) groups is 1. The molecule has 0 saturated carbocycles. The zero-order valence-electron chi connectivity index (χ0n) is 20.5. The van der Waals surface area contributed by atoms with E-state index in [-0.39, 0.29) is 4.90 Å². The maximum absolute atomic E-state index is 13.4. The van der Waals surface area contributed by atoms with E-state index in [2.05, 4.69) is 17.1 Å². The van der Waals surface area contributed by atoms with Crippen molar-refractivity contribution in [3.05, 3.63) is 96.1 Å². The Hall–Kier alpha value is -4.11. The van der Waals surface area contributed by atoms with Gasteiger partial charge in [-0.05, 0) is 67.4 Å². The van der Waals surface area contributed by atoms with Gasteiger partial charge in [-0.15, -0.1) is 0 Å². The lowest BCUT2D eigenvalue weighted by atomic mass is 10.2. The van der Waals surface area contributed by atoms with Gasteiger partial charge in [0.25, 0.3) is 15.9 Å². The summed E-state index contributed by atoms with van der Waals surface area (Å²) in [5.41, 5.74) is 5.24. The molecule has 9 heteroatoms. The summed E-state index contributed by atoms with van der Waals surface area (Å²) in [4.78, 5) is 12.8. The predicted octanol–water partition coefficient (Wildman–Crippen LogP) is 4.22. The molecule has 0 heterocycles. The number of hydrogen-bond donors (Lipinski definition) is 1. The summed E-state index contributed by atoms with van der Waals surface area (Å²) in [6.45, 7) is 7.23.